The van der Waals surface area contributed by atoms with Gasteiger partial charge in [0.15, 0.2) is 0 Å². The number of nitrogens with zero attached hydrogens (tertiary/aromatic N) is 2. The highest BCUT2D eigenvalue weighted by atomic mass is 16.5. The Morgan fingerprint density at radius 3 is 2.62 bits per heavy atom. The second kappa shape index (κ2) is 7.64. The SMILES string of the molecule is CCOC(=O)C=Cc1ccccc1C1(C#N)CCN(C(=O)O)CC1. The first kappa shape index (κ1) is 17.5. The van der Waals surface area contributed by atoms with Crippen molar-refractivity contribution in [2.24, 2.45) is 0 Å². The number of ether oxygens (including phenoxy) is 1. The molecular weight excluding hydrogens is 308 g/mol. The maximum Gasteiger partial charge on any atom is 0.407 e. The Hall–Kier alpha value is -2.81. The monoisotopic (exact) mass is 328 g/mol. The number of amides is 1. The van der Waals surface area contributed by atoms with Crippen LogP contribution in [0.25, 0.3) is 6.08 Å². The summed E-state index contributed by atoms with van der Waals surface area (Å²) in [6, 6.07) is 9.77. The third kappa shape index (κ3) is 3.74. The lowest BCUT2D eigenvalue weighted by atomic mass is 9.72. The van der Waals surface area contributed by atoms with Crippen LogP contribution in [0.3, 0.4) is 0 Å². The van der Waals surface area contributed by atoms with E-state index in [1.54, 1.807) is 13.0 Å². The highest BCUT2D eigenvalue weighted by Gasteiger charge is 2.38. The van der Waals surface area contributed by atoms with E-state index in [2.05, 4.69) is 6.07 Å². The summed E-state index contributed by atoms with van der Waals surface area (Å²) in [7, 11) is 0. The number of benzene rings is 1. The van der Waals surface area contributed by atoms with Gasteiger partial charge in [-0.05, 0) is 37.0 Å². The Labute approximate surface area is 140 Å². The van der Waals surface area contributed by atoms with Crippen LogP contribution < -0.4 is 0 Å². The number of likely N-dealkylation sites (tertiary alicyclic amines) is 1. The second-order valence-corrected chi connectivity index (χ2v) is 5.64. The highest BCUT2D eigenvalue weighted by Crippen LogP contribution is 2.37. The number of piperidine rings is 1. The van der Waals surface area contributed by atoms with Gasteiger partial charge in [-0.3, -0.25) is 0 Å². The van der Waals surface area contributed by atoms with Crippen LogP contribution in [0.4, 0.5) is 4.79 Å². The first-order valence-electron chi connectivity index (χ1n) is 7.86. The topological polar surface area (TPSA) is 90.6 Å². The Morgan fingerprint density at radius 1 is 1.38 bits per heavy atom. The van der Waals surface area contributed by atoms with Crippen molar-refractivity contribution in [2.45, 2.75) is 25.2 Å². The molecule has 1 heterocycles. The maximum atomic E-state index is 11.5. The van der Waals surface area contributed by atoms with Gasteiger partial charge in [0.1, 0.15) is 0 Å². The molecule has 0 unspecified atom stereocenters. The molecule has 0 aliphatic carbocycles. The smallest absolute Gasteiger partial charge is 0.407 e. The maximum absolute atomic E-state index is 11.5. The number of rotatable bonds is 4. The van der Waals surface area contributed by atoms with Gasteiger partial charge < -0.3 is 14.7 Å². The molecule has 1 aromatic carbocycles. The van der Waals surface area contributed by atoms with E-state index in [0.29, 0.717) is 32.5 Å². The summed E-state index contributed by atoms with van der Waals surface area (Å²) >= 11 is 0. The normalized spacial score (nSPS) is 16.6. The van der Waals surface area contributed by atoms with Crippen LogP contribution in [0.15, 0.2) is 30.3 Å². The Bertz CT molecular complexity index is 683. The number of esters is 1. The summed E-state index contributed by atoms with van der Waals surface area (Å²) in [5.74, 6) is -0.431. The molecule has 0 atom stereocenters. The average Bonchev–Trinajstić information content (AvgIpc) is 2.60. The molecule has 1 aliphatic heterocycles. The predicted molar refractivity (Wildman–Crippen MR) is 88.2 cm³/mol. The molecule has 1 N–H and O–H groups in total. The van der Waals surface area contributed by atoms with Crippen molar-refractivity contribution in [3.8, 4) is 6.07 Å². The molecule has 24 heavy (non-hydrogen) atoms. The van der Waals surface area contributed by atoms with Gasteiger partial charge in [-0.2, -0.15) is 5.26 Å². The zero-order chi connectivity index (χ0) is 17.6. The number of carbonyl (C=O) groups is 2. The zero-order valence-corrected chi connectivity index (χ0v) is 13.6. The largest absolute Gasteiger partial charge is 0.465 e. The van der Waals surface area contributed by atoms with Crippen LogP contribution in [0, 0.1) is 11.3 Å². The summed E-state index contributed by atoms with van der Waals surface area (Å²) in [4.78, 5) is 23.9. The van der Waals surface area contributed by atoms with Gasteiger partial charge in [-0.15, -0.1) is 0 Å². The predicted octanol–water partition coefficient (Wildman–Crippen LogP) is 2.80. The van der Waals surface area contributed by atoms with Crippen LogP contribution in [0.2, 0.25) is 0 Å². The van der Waals surface area contributed by atoms with Crippen molar-refractivity contribution in [3.63, 3.8) is 0 Å². The van der Waals surface area contributed by atoms with Crippen molar-refractivity contribution < 1.29 is 19.4 Å². The molecule has 126 valence electrons. The van der Waals surface area contributed by atoms with Crippen molar-refractivity contribution in [2.75, 3.05) is 19.7 Å². The summed E-state index contributed by atoms with van der Waals surface area (Å²) in [6.07, 6.45) is 2.90. The number of carbonyl (C=O) groups excluding carboxylic acids is 1. The number of hydrogen-bond acceptors (Lipinski definition) is 4. The van der Waals surface area contributed by atoms with Crippen LogP contribution in [-0.2, 0) is 14.9 Å². The number of carboxylic acid groups (broad SMARTS) is 1. The van der Waals surface area contributed by atoms with Gasteiger partial charge in [-0.1, -0.05) is 24.3 Å². The molecule has 0 saturated carbocycles. The molecule has 1 fully saturated rings. The molecule has 1 amide bonds. The van der Waals surface area contributed by atoms with Gasteiger partial charge >= 0.3 is 12.1 Å². The molecule has 1 saturated heterocycles. The van der Waals surface area contributed by atoms with Gasteiger partial charge in [-0.25, -0.2) is 9.59 Å². The molecule has 6 nitrogen and oxygen atoms in total. The van der Waals surface area contributed by atoms with E-state index in [9.17, 15) is 14.9 Å². The first-order chi connectivity index (χ1) is 11.5. The molecule has 2 rings (SSSR count). The van der Waals surface area contributed by atoms with E-state index >= 15 is 0 Å². The third-order valence-electron chi connectivity index (χ3n) is 4.26. The Morgan fingerprint density at radius 2 is 2.04 bits per heavy atom. The van der Waals surface area contributed by atoms with Crippen molar-refractivity contribution in [1.29, 1.82) is 5.26 Å². The van der Waals surface area contributed by atoms with E-state index in [-0.39, 0.29) is 0 Å². The van der Waals surface area contributed by atoms with Crippen LogP contribution in [-0.4, -0.2) is 41.8 Å². The summed E-state index contributed by atoms with van der Waals surface area (Å²) in [5, 5.41) is 18.9. The third-order valence-corrected chi connectivity index (χ3v) is 4.26. The van der Waals surface area contributed by atoms with Crippen LogP contribution >= 0.6 is 0 Å². The zero-order valence-electron chi connectivity index (χ0n) is 13.6. The van der Waals surface area contributed by atoms with Crippen molar-refractivity contribution in [1.82, 2.24) is 4.90 Å². The van der Waals surface area contributed by atoms with Crippen LogP contribution in [0.5, 0.6) is 0 Å². The Balaban J connectivity index is 2.29. The highest BCUT2D eigenvalue weighted by molar-refractivity contribution is 5.87. The molecule has 6 heteroatoms. The van der Waals surface area contributed by atoms with Crippen molar-refractivity contribution >= 4 is 18.1 Å². The van der Waals surface area contributed by atoms with E-state index in [1.807, 2.05) is 24.3 Å². The molecule has 0 spiro atoms. The summed E-state index contributed by atoms with van der Waals surface area (Å²) < 4.78 is 4.88. The first-order valence-corrected chi connectivity index (χ1v) is 7.86. The van der Waals surface area contributed by atoms with E-state index < -0.39 is 17.5 Å². The lowest BCUT2D eigenvalue weighted by Gasteiger charge is -2.37. The van der Waals surface area contributed by atoms with Crippen molar-refractivity contribution in [3.05, 3.63) is 41.5 Å². The molecular formula is C18H20N2O4. The van der Waals surface area contributed by atoms with Gasteiger partial charge in [0, 0.05) is 19.2 Å². The van der Waals surface area contributed by atoms with Gasteiger partial charge in [0.05, 0.1) is 18.1 Å². The lowest BCUT2D eigenvalue weighted by molar-refractivity contribution is -0.137. The summed E-state index contributed by atoms with van der Waals surface area (Å²) in [5.41, 5.74) is 0.843. The number of hydrogen-bond donors (Lipinski definition) is 1. The molecule has 0 radical (unpaired) electrons. The van der Waals surface area contributed by atoms with Gasteiger partial charge in [0.2, 0.25) is 0 Å². The number of nitriles is 1. The quantitative estimate of drug-likeness (QED) is 0.678. The lowest BCUT2D eigenvalue weighted by Crippen LogP contribution is -2.44. The fourth-order valence-electron chi connectivity index (χ4n) is 2.95. The molecule has 1 aliphatic rings. The molecule has 0 aromatic heterocycles. The minimum absolute atomic E-state index is 0.304. The Kier molecular flexibility index (Phi) is 5.59. The fraction of sp³-hybridized carbons (Fsp3) is 0.389. The minimum Gasteiger partial charge on any atom is -0.465 e. The van der Waals surface area contributed by atoms with E-state index in [4.69, 9.17) is 9.84 Å². The van der Waals surface area contributed by atoms with E-state index in [1.165, 1.54) is 11.0 Å². The fourth-order valence-corrected chi connectivity index (χ4v) is 2.95. The van der Waals surface area contributed by atoms with Crippen LogP contribution in [0.1, 0.15) is 30.9 Å². The minimum atomic E-state index is -0.961. The van der Waals surface area contributed by atoms with E-state index in [0.717, 1.165) is 11.1 Å². The molecule has 1 aromatic rings. The second-order valence-electron chi connectivity index (χ2n) is 5.64. The standard InChI is InChI=1S/C18H20N2O4/c1-2-24-16(21)8-7-14-5-3-4-6-15(14)18(13-19)9-11-20(12-10-18)17(22)23/h3-8H,2,9-12H2,1H3,(H,22,23). The average molecular weight is 328 g/mol. The molecule has 0 bridgehead atoms. The van der Waals surface area contributed by atoms with Gasteiger partial charge in [0.25, 0.3) is 0 Å². The summed E-state index contributed by atoms with van der Waals surface area (Å²) in [6.45, 7) is 2.68.